The average molecular weight is 478 g/mol. The number of halogens is 5. The molecule has 0 atom stereocenters. The average Bonchev–Trinajstić information content (AvgIpc) is 2.64. The van der Waals surface area contributed by atoms with Crippen LogP contribution in [0.4, 0.5) is 5.69 Å². The molecule has 0 aliphatic heterocycles. The molecule has 0 aliphatic rings. The van der Waals surface area contributed by atoms with Crippen molar-refractivity contribution >= 4 is 63.7 Å². The molecule has 0 spiro atoms. The van der Waals surface area contributed by atoms with E-state index in [-0.39, 0.29) is 22.4 Å². The van der Waals surface area contributed by atoms with E-state index in [2.05, 4.69) is 5.32 Å². The van der Waals surface area contributed by atoms with Gasteiger partial charge in [0.05, 0.1) is 10.0 Å². The van der Waals surface area contributed by atoms with Crippen LogP contribution in [-0.4, -0.2) is 5.11 Å². The van der Waals surface area contributed by atoms with E-state index in [1.165, 1.54) is 0 Å². The Bertz CT molecular complexity index is 987. The number of anilines is 1. The van der Waals surface area contributed by atoms with E-state index < -0.39 is 0 Å². The van der Waals surface area contributed by atoms with Gasteiger partial charge in [-0.15, -0.1) is 0 Å². The summed E-state index contributed by atoms with van der Waals surface area (Å²) in [5.74, 6) is 0.499. The van der Waals surface area contributed by atoms with Gasteiger partial charge in [0.15, 0.2) is 5.75 Å². The normalized spacial score (nSPS) is 10.8. The first-order chi connectivity index (χ1) is 13.3. The van der Waals surface area contributed by atoms with Crippen molar-refractivity contribution < 1.29 is 9.84 Å². The van der Waals surface area contributed by atoms with Crippen molar-refractivity contribution in [3.8, 4) is 11.5 Å². The van der Waals surface area contributed by atoms with Gasteiger partial charge in [0, 0.05) is 38.4 Å². The summed E-state index contributed by atoms with van der Waals surface area (Å²) in [6.07, 6.45) is 0. The van der Waals surface area contributed by atoms with Gasteiger partial charge in [-0.05, 0) is 42.5 Å². The third kappa shape index (κ3) is 5.31. The molecule has 0 saturated carbocycles. The Balaban J connectivity index is 1.75. The van der Waals surface area contributed by atoms with Crippen LogP contribution in [0.3, 0.4) is 0 Å². The van der Waals surface area contributed by atoms with Crippen LogP contribution in [0.5, 0.6) is 11.5 Å². The molecule has 3 aromatic carbocycles. The van der Waals surface area contributed by atoms with Crippen molar-refractivity contribution in [2.24, 2.45) is 0 Å². The highest BCUT2D eigenvalue weighted by Crippen LogP contribution is 2.35. The van der Waals surface area contributed by atoms with E-state index in [1.54, 1.807) is 42.5 Å². The predicted octanol–water partition coefficient (Wildman–Crippen LogP) is 7.85. The van der Waals surface area contributed by atoms with Crippen LogP contribution in [0.15, 0.2) is 48.5 Å². The van der Waals surface area contributed by atoms with Crippen LogP contribution in [0.1, 0.15) is 11.1 Å². The molecule has 8 heteroatoms. The minimum atomic E-state index is -0.152. The fourth-order valence-corrected chi connectivity index (χ4v) is 3.63. The Labute approximate surface area is 187 Å². The maximum Gasteiger partial charge on any atom is 0.152 e. The number of rotatable bonds is 6. The number of phenolic OH excluding ortho intramolecular Hbond substituents is 1. The van der Waals surface area contributed by atoms with Crippen molar-refractivity contribution in [2.75, 3.05) is 5.32 Å². The van der Waals surface area contributed by atoms with Crippen molar-refractivity contribution in [3.05, 3.63) is 84.8 Å². The minimum Gasteiger partial charge on any atom is -0.505 e. The van der Waals surface area contributed by atoms with E-state index in [9.17, 15) is 5.11 Å². The molecule has 3 aromatic rings. The van der Waals surface area contributed by atoms with Crippen LogP contribution >= 0.6 is 58.0 Å². The van der Waals surface area contributed by atoms with Gasteiger partial charge < -0.3 is 15.2 Å². The Morgan fingerprint density at radius 3 is 2.07 bits per heavy atom. The van der Waals surface area contributed by atoms with Gasteiger partial charge in [-0.1, -0.05) is 64.1 Å². The second-order valence-electron chi connectivity index (χ2n) is 5.92. The molecule has 146 valence electrons. The maximum atomic E-state index is 9.67. The molecule has 3 rings (SSSR count). The van der Waals surface area contributed by atoms with Crippen molar-refractivity contribution in [1.82, 2.24) is 0 Å². The first kappa shape index (κ1) is 21.2. The molecule has 0 bridgehead atoms. The molecule has 0 amide bonds. The van der Waals surface area contributed by atoms with Gasteiger partial charge in [-0.25, -0.2) is 0 Å². The minimum absolute atomic E-state index is 0.152. The summed E-state index contributed by atoms with van der Waals surface area (Å²) in [5, 5.41) is 14.9. The number of aromatic hydroxyl groups is 1. The fraction of sp³-hybridized carbons (Fsp3) is 0.100. The number of hydrogen-bond donors (Lipinski definition) is 2. The Hall–Kier alpha value is -1.49. The second-order valence-corrected chi connectivity index (χ2v) is 8.01. The predicted molar refractivity (Wildman–Crippen MR) is 118 cm³/mol. The molecule has 0 fully saturated rings. The van der Waals surface area contributed by atoms with Crippen LogP contribution in [0, 0.1) is 0 Å². The summed E-state index contributed by atoms with van der Waals surface area (Å²) in [6.45, 7) is 0.684. The zero-order valence-electron chi connectivity index (χ0n) is 14.3. The molecule has 28 heavy (non-hydrogen) atoms. The molecule has 0 aliphatic carbocycles. The molecule has 0 radical (unpaired) electrons. The molecular weight excluding hydrogens is 463 g/mol. The quantitative estimate of drug-likeness (QED) is 0.355. The molecule has 0 heterocycles. The number of phenols is 1. The largest absolute Gasteiger partial charge is 0.505 e. The third-order valence-corrected chi connectivity index (χ3v) is 5.32. The van der Waals surface area contributed by atoms with E-state index in [1.807, 2.05) is 6.07 Å². The smallest absolute Gasteiger partial charge is 0.152 e. The lowest BCUT2D eigenvalue weighted by atomic mass is 10.2. The third-order valence-electron chi connectivity index (χ3n) is 3.92. The van der Waals surface area contributed by atoms with E-state index >= 15 is 0 Å². The Morgan fingerprint density at radius 2 is 1.39 bits per heavy atom. The fourth-order valence-electron chi connectivity index (χ4n) is 2.49. The van der Waals surface area contributed by atoms with Crippen LogP contribution in [0.2, 0.25) is 25.1 Å². The van der Waals surface area contributed by atoms with Crippen molar-refractivity contribution in [3.63, 3.8) is 0 Å². The Kier molecular flexibility index (Phi) is 7.08. The summed E-state index contributed by atoms with van der Waals surface area (Å²) >= 11 is 30.2. The van der Waals surface area contributed by atoms with Crippen molar-refractivity contribution in [2.45, 2.75) is 13.2 Å². The number of hydrogen-bond acceptors (Lipinski definition) is 3. The highest BCUT2D eigenvalue weighted by molar-refractivity contribution is 6.37. The SMILES string of the molecule is Oc1c(Cl)cc(NCc2cc(Cl)ccc2OCc2ccc(Cl)cc2Cl)cc1Cl. The number of nitrogens with one attached hydrogen (secondary N) is 1. The van der Waals surface area contributed by atoms with Gasteiger partial charge in [0.2, 0.25) is 0 Å². The summed E-state index contributed by atoms with van der Waals surface area (Å²) in [4.78, 5) is 0. The zero-order valence-corrected chi connectivity index (χ0v) is 18.1. The van der Waals surface area contributed by atoms with E-state index in [0.29, 0.717) is 33.0 Å². The lowest BCUT2D eigenvalue weighted by Crippen LogP contribution is -2.04. The maximum absolute atomic E-state index is 9.67. The topological polar surface area (TPSA) is 41.5 Å². The van der Waals surface area contributed by atoms with E-state index in [0.717, 1.165) is 11.1 Å². The molecule has 0 unspecified atom stereocenters. The van der Waals surface area contributed by atoms with Gasteiger partial charge in [-0.3, -0.25) is 0 Å². The molecular formula is C20H14Cl5NO2. The lowest BCUT2D eigenvalue weighted by molar-refractivity contribution is 0.303. The van der Waals surface area contributed by atoms with Crippen molar-refractivity contribution in [1.29, 1.82) is 0 Å². The lowest BCUT2D eigenvalue weighted by Gasteiger charge is -2.15. The van der Waals surface area contributed by atoms with Crippen LogP contribution in [0.25, 0.3) is 0 Å². The first-order valence-corrected chi connectivity index (χ1v) is 9.99. The number of benzene rings is 3. The molecule has 3 nitrogen and oxygen atoms in total. The monoisotopic (exact) mass is 475 g/mol. The van der Waals surface area contributed by atoms with Crippen LogP contribution < -0.4 is 10.1 Å². The second kappa shape index (κ2) is 9.34. The summed E-state index contributed by atoms with van der Waals surface area (Å²) in [6, 6.07) is 13.8. The number of ether oxygens (including phenoxy) is 1. The summed E-state index contributed by atoms with van der Waals surface area (Å²) < 4.78 is 5.94. The standard InChI is InChI=1S/C20H14Cl5NO2/c21-13-3-4-19(28-10-11-1-2-14(22)6-16(11)23)12(5-13)9-26-15-7-17(24)20(27)18(25)8-15/h1-8,26-27H,9-10H2. The van der Waals surface area contributed by atoms with Gasteiger partial charge in [0.1, 0.15) is 12.4 Å². The summed E-state index contributed by atoms with van der Waals surface area (Å²) in [5.41, 5.74) is 2.30. The molecule has 0 saturated heterocycles. The van der Waals surface area contributed by atoms with Crippen LogP contribution in [-0.2, 0) is 13.2 Å². The summed E-state index contributed by atoms with van der Waals surface area (Å²) in [7, 11) is 0. The van der Waals surface area contributed by atoms with Gasteiger partial charge in [0.25, 0.3) is 0 Å². The first-order valence-electron chi connectivity index (χ1n) is 8.10. The highest BCUT2D eigenvalue weighted by atomic mass is 35.5. The molecule has 2 N–H and O–H groups in total. The van der Waals surface area contributed by atoms with Gasteiger partial charge >= 0.3 is 0 Å². The zero-order chi connectivity index (χ0) is 20.3. The molecule has 0 aromatic heterocycles. The Morgan fingerprint density at radius 1 is 0.750 bits per heavy atom. The van der Waals surface area contributed by atoms with E-state index in [4.69, 9.17) is 62.7 Å². The van der Waals surface area contributed by atoms with Gasteiger partial charge in [-0.2, -0.15) is 0 Å². The highest BCUT2D eigenvalue weighted by Gasteiger charge is 2.10.